The van der Waals surface area contributed by atoms with Gasteiger partial charge in [-0.1, -0.05) is 46.3 Å². The molecule has 4 heterocycles. The molecule has 15 N–H and O–H groups in total. The second kappa shape index (κ2) is 22.9. The summed E-state index contributed by atoms with van der Waals surface area (Å²) in [6.45, 7) is 14.2. The molecule has 0 amide bonds. The molecule has 23 nitrogen and oxygen atoms in total. The predicted octanol–water partition coefficient (Wildman–Crippen LogP) is -2.59. The first kappa shape index (κ1) is 60.9. The van der Waals surface area contributed by atoms with Crippen LogP contribution in [0.25, 0.3) is 0 Å². The highest BCUT2D eigenvalue weighted by Crippen LogP contribution is 2.76. The molecular weight excluding hydrogens is 1000 g/mol. The van der Waals surface area contributed by atoms with Gasteiger partial charge in [0.25, 0.3) is 0 Å². The van der Waals surface area contributed by atoms with Gasteiger partial charge in [0.2, 0.25) is 0 Å². The molecule has 4 saturated carbocycles. The van der Waals surface area contributed by atoms with Gasteiger partial charge in [0, 0.05) is 0 Å². The van der Waals surface area contributed by atoms with Gasteiger partial charge in [-0.05, 0) is 117 Å². The van der Waals surface area contributed by atoms with Gasteiger partial charge in [-0.2, -0.15) is 0 Å². The van der Waals surface area contributed by atoms with Crippen LogP contribution in [0.2, 0.25) is 0 Å². The van der Waals surface area contributed by atoms with Gasteiger partial charge in [0.1, 0.15) is 91.6 Å². The van der Waals surface area contributed by atoms with Gasteiger partial charge in [0.15, 0.2) is 25.2 Å². The highest BCUT2D eigenvalue weighted by Gasteiger charge is 2.74. The van der Waals surface area contributed by atoms with Crippen molar-refractivity contribution in [1.82, 2.24) is 0 Å². The summed E-state index contributed by atoms with van der Waals surface area (Å²) in [6, 6.07) is 0. The first-order valence-electron chi connectivity index (χ1n) is 27.4. The van der Waals surface area contributed by atoms with Crippen LogP contribution in [0.1, 0.15) is 107 Å². The van der Waals surface area contributed by atoms with Gasteiger partial charge >= 0.3 is 0 Å². The molecule has 8 fully saturated rings. The monoisotopic (exact) mass is 1090 g/mol. The van der Waals surface area contributed by atoms with E-state index in [1.807, 2.05) is 34.6 Å². The Morgan fingerprint density at radius 3 is 1.82 bits per heavy atom. The third-order valence-electron chi connectivity index (χ3n) is 20.4. The quantitative estimate of drug-likeness (QED) is 0.0591. The number of rotatable bonds is 15. The van der Waals surface area contributed by atoms with Crippen molar-refractivity contribution in [2.45, 2.75) is 247 Å². The number of fused-ring (bicyclic) bond motifs is 5. The van der Waals surface area contributed by atoms with E-state index in [2.05, 4.69) is 26.8 Å². The van der Waals surface area contributed by atoms with Crippen molar-refractivity contribution in [2.24, 2.45) is 45.3 Å². The van der Waals surface area contributed by atoms with Crippen LogP contribution in [0.15, 0.2) is 11.6 Å². The summed E-state index contributed by atoms with van der Waals surface area (Å²) in [7, 11) is 0. The van der Waals surface area contributed by atoms with Crippen LogP contribution in [-0.2, 0) is 37.9 Å². The van der Waals surface area contributed by atoms with Gasteiger partial charge in [-0.3, -0.25) is 0 Å². The molecule has 0 radical (unpaired) electrons. The van der Waals surface area contributed by atoms with Crippen molar-refractivity contribution >= 4 is 0 Å². The van der Waals surface area contributed by atoms with Crippen LogP contribution in [0, 0.1) is 45.3 Å². The molecule has 0 unspecified atom stereocenters. The molecule has 4 saturated heterocycles. The molecule has 30 atom stereocenters. The van der Waals surface area contributed by atoms with Gasteiger partial charge in [-0.25, -0.2) is 0 Å². The summed E-state index contributed by atoms with van der Waals surface area (Å²) in [5.74, 6) is -1.26. The van der Waals surface area contributed by atoms with E-state index in [1.165, 1.54) is 0 Å². The molecular formula is C53H90O23. The molecule has 4 aliphatic carbocycles. The third-order valence-corrected chi connectivity index (χ3v) is 20.4. The molecule has 0 aromatic carbocycles. The zero-order chi connectivity index (χ0) is 55.9. The number of hydrogen-bond donors (Lipinski definition) is 15. The van der Waals surface area contributed by atoms with E-state index >= 15 is 0 Å². The van der Waals surface area contributed by atoms with E-state index < -0.39 is 188 Å². The van der Waals surface area contributed by atoms with Crippen molar-refractivity contribution in [3.05, 3.63) is 11.6 Å². The molecule has 8 aliphatic rings. The van der Waals surface area contributed by atoms with Crippen molar-refractivity contribution in [3.8, 4) is 0 Å². The van der Waals surface area contributed by atoms with E-state index in [9.17, 15) is 76.6 Å². The molecule has 0 spiro atoms. The second-order valence-corrected chi connectivity index (χ2v) is 25.5. The van der Waals surface area contributed by atoms with Gasteiger partial charge in [-0.15, -0.1) is 0 Å². The minimum absolute atomic E-state index is 0.123. The first-order valence-corrected chi connectivity index (χ1v) is 27.4. The lowest BCUT2D eigenvalue weighted by molar-refractivity contribution is -0.380. The average molecular weight is 1100 g/mol. The van der Waals surface area contributed by atoms with Crippen LogP contribution in [0.5, 0.6) is 0 Å². The highest BCUT2D eigenvalue weighted by atomic mass is 16.8. The molecule has 76 heavy (non-hydrogen) atoms. The van der Waals surface area contributed by atoms with Crippen LogP contribution >= 0.6 is 0 Å². The molecule has 0 bridgehead atoms. The maximum absolute atomic E-state index is 12.8. The number of hydrogen-bond acceptors (Lipinski definition) is 23. The summed E-state index contributed by atoms with van der Waals surface area (Å²) in [6.07, 6.45) is -26.5. The average Bonchev–Trinajstić information content (AvgIpc) is 3.75. The molecule has 8 rings (SSSR count). The fourth-order valence-corrected chi connectivity index (χ4v) is 16.2. The van der Waals surface area contributed by atoms with Crippen molar-refractivity contribution in [3.63, 3.8) is 0 Å². The number of aliphatic hydroxyl groups is 15. The van der Waals surface area contributed by atoms with E-state index in [0.29, 0.717) is 51.4 Å². The summed E-state index contributed by atoms with van der Waals surface area (Å²) in [4.78, 5) is 0. The lowest BCUT2D eigenvalue weighted by Crippen LogP contribution is -2.70. The fraction of sp³-hybridized carbons (Fsp3) is 0.962. The Balaban J connectivity index is 1.03. The lowest BCUT2D eigenvalue weighted by Gasteiger charge is -2.71. The molecule has 0 aromatic rings. The Morgan fingerprint density at radius 1 is 0.605 bits per heavy atom. The minimum atomic E-state index is -1.85. The van der Waals surface area contributed by atoms with Crippen LogP contribution < -0.4 is 0 Å². The zero-order valence-corrected chi connectivity index (χ0v) is 45.0. The van der Waals surface area contributed by atoms with E-state index in [1.54, 1.807) is 0 Å². The van der Waals surface area contributed by atoms with Gasteiger partial charge in [0.05, 0.1) is 50.3 Å². The summed E-state index contributed by atoms with van der Waals surface area (Å²) in [5.41, 5.74) is -2.59. The third kappa shape index (κ3) is 10.5. The SMILES string of the molecule is CC(C)=CCC[C@](C)(O[C@@H]1O[C@H](CO[C@@H]2OC[C@H](O)[C@H](O)[C@H]2O)[C@@H](O)[C@H](O)[C@H]1O)[C@H]1CC[C@]2(C)[C@@H]1[C@H](O)C[C@@H]1[C@@]3(C)CC[C@H](O[C@@H]4O[C@H](CO)[C@@H](O)[C@H](O)[C@H]4O[C@@H]4O[C@H](CO)[C@@H](O)[C@H](O)[C@H]4O)C(C)(C)[C@@H]3[C@@H](O)C[C@]12C. The molecule has 4 aliphatic heterocycles. The molecule has 0 aromatic heterocycles. The summed E-state index contributed by atoms with van der Waals surface area (Å²) >= 11 is 0. The van der Waals surface area contributed by atoms with Gasteiger partial charge < -0.3 is 114 Å². The highest BCUT2D eigenvalue weighted by molar-refractivity contribution is 5.22. The maximum atomic E-state index is 12.8. The number of allylic oxidation sites excluding steroid dienone is 2. The molecule has 440 valence electrons. The minimum Gasteiger partial charge on any atom is -0.394 e. The second-order valence-electron chi connectivity index (χ2n) is 25.5. The van der Waals surface area contributed by atoms with E-state index in [4.69, 9.17) is 37.9 Å². The van der Waals surface area contributed by atoms with E-state index in [-0.39, 0.29) is 24.4 Å². The fourth-order valence-electron chi connectivity index (χ4n) is 16.2. The number of aliphatic hydroxyl groups excluding tert-OH is 15. The lowest BCUT2D eigenvalue weighted by atomic mass is 9.34. The Bertz CT molecular complexity index is 1980. The van der Waals surface area contributed by atoms with Crippen molar-refractivity contribution in [1.29, 1.82) is 0 Å². The Morgan fingerprint density at radius 2 is 1.18 bits per heavy atom. The summed E-state index contributed by atoms with van der Waals surface area (Å²) < 4.78 is 48.6. The van der Waals surface area contributed by atoms with E-state index in [0.717, 1.165) is 5.57 Å². The number of ether oxygens (including phenoxy) is 8. The topological polar surface area (TPSA) is 377 Å². The Kier molecular flexibility index (Phi) is 18.3. The van der Waals surface area contributed by atoms with Crippen LogP contribution in [-0.4, -0.2) is 244 Å². The zero-order valence-electron chi connectivity index (χ0n) is 45.0. The first-order chi connectivity index (χ1) is 35.5. The normalized spacial score (nSPS) is 53.2. The maximum Gasteiger partial charge on any atom is 0.187 e. The predicted molar refractivity (Wildman–Crippen MR) is 262 cm³/mol. The van der Waals surface area contributed by atoms with Crippen LogP contribution in [0.4, 0.5) is 0 Å². The standard InChI is InChI=1S/C53H90O23/c1-22(2)10-9-13-53(8,76-47-42(68)38(64)36(62)29(73-47)21-70-45-40(66)33(59)26(58)20-69-45)23-11-15-51(6)32(23)24(56)16-30-50(5)14-12-31(49(3,4)44(50)25(57)17-52(30,51)7)74-48-43(39(65)35(61)28(19-55)72-48)75-46-41(67)37(63)34(60)27(18-54)71-46/h10,23-48,54-68H,9,11-21H2,1-8H3/t23-,24+,25-,26-,27+,28+,29+,30+,31-,32-,33-,34+,35+,36+,37-,38-,39-,40+,41+,42+,43+,44-,45-,46-,47-,48-,50+,51+,52+,53-/m0/s1. The summed E-state index contributed by atoms with van der Waals surface area (Å²) in [5, 5.41) is 164. The van der Waals surface area contributed by atoms with Crippen molar-refractivity contribution in [2.75, 3.05) is 26.4 Å². The Labute approximate surface area is 444 Å². The smallest absolute Gasteiger partial charge is 0.187 e. The molecule has 23 heteroatoms. The Hall–Kier alpha value is -1.18. The van der Waals surface area contributed by atoms with Crippen LogP contribution in [0.3, 0.4) is 0 Å². The largest absolute Gasteiger partial charge is 0.394 e. The van der Waals surface area contributed by atoms with Crippen molar-refractivity contribution < 1.29 is 114 Å².